The predicted molar refractivity (Wildman–Crippen MR) is 63.9 cm³/mol. The highest BCUT2D eigenvalue weighted by atomic mass is 16.5. The fraction of sp³-hybridized carbons (Fsp3) is 0.545. The lowest BCUT2D eigenvalue weighted by atomic mass is 10.2. The quantitative estimate of drug-likeness (QED) is 0.728. The minimum atomic E-state index is -0.551. The van der Waals surface area contributed by atoms with Crippen LogP contribution in [0.25, 0.3) is 0 Å². The fourth-order valence-electron chi connectivity index (χ4n) is 2.09. The molecule has 0 bridgehead atoms. The maximum Gasteiger partial charge on any atom is 0.360 e. The molecule has 3 N–H and O–H groups in total. The highest BCUT2D eigenvalue weighted by Gasteiger charge is 2.25. The lowest BCUT2D eigenvalue weighted by Crippen LogP contribution is -2.30. The Balaban J connectivity index is 2.20. The number of esters is 1. The van der Waals surface area contributed by atoms with Crippen LogP contribution in [0, 0.1) is 6.92 Å². The number of rotatable bonds is 3. The average Bonchev–Trinajstić information content (AvgIpc) is 2.87. The van der Waals surface area contributed by atoms with Crippen molar-refractivity contribution in [3.8, 4) is 0 Å². The number of amides is 1. The number of nitrogen functional groups attached to an aromatic ring is 1. The third kappa shape index (κ3) is 2.15. The second-order valence-corrected chi connectivity index (χ2v) is 4.30. The van der Waals surface area contributed by atoms with E-state index in [0.29, 0.717) is 18.8 Å². The molecule has 1 aromatic rings. The number of nitrogens with zero attached hydrogens (tertiary/aromatic N) is 2. The molecular weight excluding hydrogens is 236 g/mol. The van der Waals surface area contributed by atoms with E-state index in [-0.39, 0.29) is 23.5 Å². The van der Waals surface area contributed by atoms with Gasteiger partial charge in [0.2, 0.25) is 5.91 Å². The smallest absolute Gasteiger partial charge is 0.360 e. The number of carbonyl (C=O) groups excluding carboxylic acids is 2. The highest BCUT2D eigenvalue weighted by molar-refractivity contribution is 5.92. The minimum absolute atomic E-state index is 0.0400. The van der Waals surface area contributed by atoms with E-state index in [1.54, 1.807) is 11.5 Å². The molecular formula is C11H16N4O3. The fourth-order valence-corrected chi connectivity index (χ4v) is 2.09. The number of imidazole rings is 1. The van der Waals surface area contributed by atoms with Gasteiger partial charge in [0.1, 0.15) is 11.6 Å². The third-order valence-corrected chi connectivity index (χ3v) is 3.06. The largest absolute Gasteiger partial charge is 0.464 e. The molecule has 0 aliphatic carbocycles. The maximum atomic E-state index is 11.4. The van der Waals surface area contributed by atoms with Crippen LogP contribution in [0.4, 0.5) is 5.82 Å². The number of hydrogen-bond acceptors (Lipinski definition) is 5. The number of aromatic nitrogens is 2. The Morgan fingerprint density at radius 3 is 2.94 bits per heavy atom. The van der Waals surface area contributed by atoms with Crippen molar-refractivity contribution in [2.24, 2.45) is 0 Å². The van der Waals surface area contributed by atoms with Crippen LogP contribution in [-0.2, 0) is 16.1 Å². The molecule has 2 rings (SSSR count). The molecule has 0 saturated carbocycles. The van der Waals surface area contributed by atoms with Gasteiger partial charge in [0.25, 0.3) is 0 Å². The van der Waals surface area contributed by atoms with Gasteiger partial charge in [0, 0.05) is 19.0 Å². The highest BCUT2D eigenvalue weighted by Crippen LogP contribution is 2.18. The van der Waals surface area contributed by atoms with E-state index in [1.165, 1.54) is 7.11 Å². The van der Waals surface area contributed by atoms with Crippen LogP contribution in [0.2, 0.25) is 0 Å². The number of nitrogens with two attached hydrogens (primary N) is 1. The summed E-state index contributed by atoms with van der Waals surface area (Å²) in [6.45, 7) is 2.28. The van der Waals surface area contributed by atoms with Crippen LogP contribution in [0.5, 0.6) is 0 Å². The normalized spacial score (nSPS) is 18.8. The van der Waals surface area contributed by atoms with E-state index in [2.05, 4.69) is 15.0 Å². The summed E-state index contributed by atoms with van der Waals surface area (Å²) in [6.07, 6.45) is 1.30. The third-order valence-electron chi connectivity index (χ3n) is 3.06. The van der Waals surface area contributed by atoms with Crippen LogP contribution in [-0.4, -0.2) is 34.6 Å². The Bertz CT molecular complexity index is 495. The topological polar surface area (TPSA) is 99.2 Å². The van der Waals surface area contributed by atoms with E-state index < -0.39 is 5.97 Å². The molecule has 2 heterocycles. The zero-order valence-electron chi connectivity index (χ0n) is 10.4. The minimum Gasteiger partial charge on any atom is -0.464 e. The molecule has 7 nitrogen and oxygen atoms in total. The van der Waals surface area contributed by atoms with Gasteiger partial charge in [0.15, 0.2) is 5.69 Å². The van der Waals surface area contributed by atoms with Crippen molar-refractivity contribution in [1.82, 2.24) is 14.9 Å². The van der Waals surface area contributed by atoms with Gasteiger partial charge in [-0.25, -0.2) is 9.78 Å². The molecule has 1 atom stereocenters. The summed E-state index contributed by atoms with van der Waals surface area (Å²) in [5.74, 6) is 0.406. The Morgan fingerprint density at radius 1 is 1.67 bits per heavy atom. The first-order valence-corrected chi connectivity index (χ1v) is 5.73. The first-order chi connectivity index (χ1) is 8.52. The summed E-state index contributed by atoms with van der Waals surface area (Å²) < 4.78 is 6.33. The molecule has 18 heavy (non-hydrogen) atoms. The molecule has 0 aromatic carbocycles. The van der Waals surface area contributed by atoms with Crippen molar-refractivity contribution in [2.75, 3.05) is 12.8 Å². The molecule has 1 unspecified atom stereocenters. The summed E-state index contributed by atoms with van der Waals surface area (Å²) in [4.78, 5) is 26.7. The Morgan fingerprint density at radius 2 is 2.39 bits per heavy atom. The van der Waals surface area contributed by atoms with Crippen LogP contribution in [0.1, 0.15) is 29.2 Å². The van der Waals surface area contributed by atoms with Crippen molar-refractivity contribution in [1.29, 1.82) is 0 Å². The van der Waals surface area contributed by atoms with Gasteiger partial charge in [-0.15, -0.1) is 0 Å². The predicted octanol–water partition coefficient (Wildman–Crippen LogP) is -0.161. The van der Waals surface area contributed by atoms with E-state index >= 15 is 0 Å². The van der Waals surface area contributed by atoms with Crippen molar-refractivity contribution >= 4 is 17.7 Å². The van der Waals surface area contributed by atoms with E-state index in [0.717, 1.165) is 6.42 Å². The Kier molecular flexibility index (Phi) is 3.22. The van der Waals surface area contributed by atoms with Crippen molar-refractivity contribution in [3.05, 3.63) is 11.5 Å². The molecule has 1 aliphatic heterocycles. The van der Waals surface area contributed by atoms with Gasteiger partial charge in [0.05, 0.1) is 7.11 Å². The van der Waals surface area contributed by atoms with Gasteiger partial charge in [-0.2, -0.15) is 0 Å². The van der Waals surface area contributed by atoms with E-state index in [1.807, 2.05) is 0 Å². The average molecular weight is 252 g/mol. The van der Waals surface area contributed by atoms with Gasteiger partial charge in [-0.05, 0) is 13.3 Å². The molecule has 98 valence electrons. The number of anilines is 1. The maximum absolute atomic E-state index is 11.4. The summed E-state index contributed by atoms with van der Waals surface area (Å²) >= 11 is 0. The zero-order chi connectivity index (χ0) is 13.3. The summed E-state index contributed by atoms with van der Waals surface area (Å²) in [7, 11) is 1.29. The van der Waals surface area contributed by atoms with Crippen LogP contribution < -0.4 is 11.1 Å². The molecule has 1 amide bonds. The second-order valence-electron chi connectivity index (χ2n) is 4.30. The number of methoxy groups -OCH3 is 1. The van der Waals surface area contributed by atoms with Gasteiger partial charge in [-0.1, -0.05) is 0 Å². The lowest BCUT2D eigenvalue weighted by molar-refractivity contribution is -0.119. The second kappa shape index (κ2) is 4.67. The zero-order valence-corrected chi connectivity index (χ0v) is 10.4. The summed E-state index contributed by atoms with van der Waals surface area (Å²) in [5, 5.41) is 2.85. The van der Waals surface area contributed by atoms with Crippen molar-refractivity contribution in [2.45, 2.75) is 32.4 Å². The number of carbonyl (C=O) groups is 2. The van der Waals surface area contributed by atoms with Crippen molar-refractivity contribution < 1.29 is 14.3 Å². The number of nitrogens with one attached hydrogen (secondary N) is 1. The standard InChI is InChI=1S/C11H16N4O3/c1-6-13-9(11(17)18-2)10(12)15(6)5-7-3-4-8(16)14-7/h7H,3-5,12H2,1-2H3,(H,14,16). The molecule has 1 aliphatic rings. The molecule has 0 spiro atoms. The Hall–Kier alpha value is -2.05. The number of aryl methyl sites for hydroxylation is 1. The number of hydrogen-bond donors (Lipinski definition) is 2. The first kappa shape index (κ1) is 12.4. The molecule has 1 aromatic heterocycles. The first-order valence-electron chi connectivity index (χ1n) is 5.73. The van der Waals surface area contributed by atoms with Crippen LogP contribution in [0.3, 0.4) is 0 Å². The van der Waals surface area contributed by atoms with E-state index in [4.69, 9.17) is 5.73 Å². The lowest BCUT2D eigenvalue weighted by Gasteiger charge is -2.13. The van der Waals surface area contributed by atoms with Gasteiger partial charge >= 0.3 is 5.97 Å². The van der Waals surface area contributed by atoms with Crippen LogP contribution >= 0.6 is 0 Å². The van der Waals surface area contributed by atoms with Crippen LogP contribution in [0.15, 0.2) is 0 Å². The van der Waals surface area contributed by atoms with E-state index in [9.17, 15) is 9.59 Å². The number of ether oxygens (including phenoxy) is 1. The monoisotopic (exact) mass is 252 g/mol. The van der Waals surface area contributed by atoms with Gasteiger partial charge < -0.3 is 20.4 Å². The molecule has 0 radical (unpaired) electrons. The summed E-state index contributed by atoms with van der Waals surface area (Å²) in [6, 6.07) is 0.0400. The molecule has 7 heteroatoms. The molecule has 1 saturated heterocycles. The van der Waals surface area contributed by atoms with Crippen molar-refractivity contribution in [3.63, 3.8) is 0 Å². The van der Waals surface area contributed by atoms with Gasteiger partial charge in [-0.3, -0.25) is 4.79 Å². The Labute approximate surface area is 104 Å². The summed E-state index contributed by atoms with van der Waals surface area (Å²) in [5.41, 5.74) is 6.00. The molecule has 1 fully saturated rings. The SMILES string of the molecule is COC(=O)c1nc(C)n(CC2CCC(=O)N2)c1N.